The van der Waals surface area contributed by atoms with Crippen LogP contribution >= 0.6 is 0 Å². The summed E-state index contributed by atoms with van der Waals surface area (Å²) in [6.45, 7) is 7.83. The molecule has 23 heavy (non-hydrogen) atoms. The van der Waals surface area contributed by atoms with Gasteiger partial charge in [-0.3, -0.25) is 4.21 Å². The maximum Gasteiger partial charge on any atom is 0.407 e. The lowest BCUT2D eigenvalue weighted by molar-refractivity contribution is 0.0531. The summed E-state index contributed by atoms with van der Waals surface area (Å²) in [5.41, 5.74) is 0.326. The number of benzene rings is 1. The van der Waals surface area contributed by atoms with E-state index in [9.17, 15) is 13.6 Å². The third-order valence-electron chi connectivity index (χ3n) is 2.71. The molecule has 0 aliphatic carbocycles. The molecule has 1 N–H and O–H groups in total. The summed E-state index contributed by atoms with van der Waals surface area (Å²) < 4.78 is 32.3. The van der Waals surface area contributed by atoms with Crippen LogP contribution in [0.3, 0.4) is 0 Å². The summed E-state index contributed by atoms with van der Waals surface area (Å²) in [6, 6.07) is 6.10. The smallest absolute Gasteiger partial charge is 0.407 e. The van der Waals surface area contributed by atoms with E-state index >= 15 is 0 Å². The van der Waals surface area contributed by atoms with E-state index in [4.69, 9.17) is 9.47 Å². The molecule has 1 unspecified atom stereocenters. The number of ether oxygens (including phenoxy) is 2. The van der Waals surface area contributed by atoms with Gasteiger partial charge in [-0.15, -0.1) is 0 Å². The molecule has 7 heteroatoms. The third kappa shape index (κ3) is 7.80. The molecular weight excluding hydrogens is 318 g/mol. The third-order valence-corrected chi connectivity index (χ3v) is 3.36. The molecule has 0 aliphatic rings. The second kappa shape index (κ2) is 8.69. The molecule has 0 bridgehead atoms. The minimum atomic E-state index is -2.25. The first-order chi connectivity index (χ1) is 10.7. The first-order valence-corrected chi connectivity index (χ1v) is 8.22. The number of carbonyl (C=O) groups excluding carboxylic acids is 1. The molecule has 1 aromatic carbocycles. The zero-order chi connectivity index (χ0) is 17.5. The number of carbonyl (C=O) groups is 1. The van der Waals surface area contributed by atoms with Gasteiger partial charge in [-0.25, -0.2) is 4.79 Å². The quantitative estimate of drug-likeness (QED) is 0.635. The van der Waals surface area contributed by atoms with Gasteiger partial charge in [0.2, 0.25) is 0 Å². The molecule has 0 heterocycles. The number of allylic oxidation sites excluding steroid dienone is 1. The van der Waals surface area contributed by atoms with Crippen molar-refractivity contribution in [3.05, 3.63) is 35.9 Å². The molecule has 0 spiro atoms. The van der Waals surface area contributed by atoms with Crippen LogP contribution in [0.4, 0.5) is 4.79 Å². The number of nitrogens with one attached hydrogen (secondary N) is 1. The van der Waals surface area contributed by atoms with E-state index in [0.29, 0.717) is 12.3 Å². The highest BCUT2D eigenvalue weighted by Crippen LogP contribution is 2.15. The van der Waals surface area contributed by atoms with Gasteiger partial charge >= 0.3 is 6.09 Å². The molecule has 1 amide bonds. The summed E-state index contributed by atoms with van der Waals surface area (Å²) in [6.07, 6.45) is 1.36. The first kappa shape index (κ1) is 19.2. The molecule has 0 fully saturated rings. The Morgan fingerprint density at radius 1 is 1.30 bits per heavy atom. The second-order valence-electron chi connectivity index (χ2n) is 5.80. The van der Waals surface area contributed by atoms with E-state index in [1.807, 2.05) is 13.0 Å². The topological polar surface area (TPSA) is 87.7 Å². The molecule has 0 radical (unpaired) electrons. The monoisotopic (exact) mass is 340 g/mol. The lowest BCUT2D eigenvalue weighted by Crippen LogP contribution is -2.34. The number of hydrogen-bond donors (Lipinski definition) is 1. The normalized spacial score (nSPS) is 13.3. The van der Waals surface area contributed by atoms with Crippen molar-refractivity contribution in [2.45, 2.75) is 38.2 Å². The SMILES string of the molecule is C/C=C(\CNC(=O)OC(C)(C)C)COc1ccc(S(=O)[O-])cc1. The number of amides is 1. The Morgan fingerprint density at radius 3 is 2.39 bits per heavy atom. The molecule has 1 rings (SSSR count). The van der Waals surface area contributed by atoms with Crippen molar-refractivity contribution in [2.24, 2.45) is 0 Å². The molecule has 1 atom stereocenters. The van der Waals surface area contributed by atoms with Gasteiger partial charge in [0.1, 0.15) is 18.0 Å². The van der Waals surface area contributed by atoms with Crippen molar-refractivity contribution >= 4 is 17.2 Å². The van der Waals surface area contributed by atoms with Crippen molar-refractivity contribution in [3.63, 3.8) is 0 Å². The molecule has 128 valence electrons. The lowest BCUT2D eigenvalue weighted by atomic mass is 10.2. The van der Waals surface area contributed by atoms with E-state index in [1.165, 1.54) is 12.1 Å². The Bertz CT molecular complexity index is 575. The lowest BCUT2D eigenvalue weighted by Gasteiger charge is -2.20. The van der Waals surface area contributed by atoms with Gasteiger partial charge in [0.15, 0.2) is 0 Å². The standard InChI is InChI=1S/C16H23NO5S/c1-5-12(10-17-15(18)22-16(2,3)4)11-21-13-6-8-14(9-7-13)23(19)20/h5-9H,10-11H2,1-4H3,(H,17,18)(H,19,20)/p-1/b12-5+. The molecule has 0 saturated heterocycles. The molecule has 0 aliphatic heterocycles. The fourth-order valence-corrected chi connectivity index (χ4v) is 1.92. The Labute approximate surface area is 139 Å². The van der Waals surface area contributed by atoms with Crippen LogP contribution in [0.1, 0.15) is 27.7 Å². The van der Waals surface area contributed by atoms with Crippen molar-refractivity contribution in [1.82, 2.24) is 5.32 Å². The highest BCUT2D eigenvalue weighted by molar-refractivity contribution is 7.79. The predicted octanol–water partition coefficient (Wildman–Crippen LogP) is 2.77. The summed E-state index contributed by atoms with van der Waals surface area (Å²) in [5, 5.41) is 2.66. The zero-order valence-electron chi connectivity index (χ0n) is 13.8. The van der Waals surface area contributed by atoms with E-state index < -0.39 is 22.8 Å². The van der Waals surface area contributed by atoms with Gasteiger partial charge < -0.3 is 19.3 Å². The predicted molar refractivity (Wildman–Crippen MR) is 87.1 cm³/mol. The van der Waals surface area contributed by atoms with Crippen LogP contribution in [-0.2, 0) is 15.8 Å². The summed E-state index contributed by atoms with van der Waals surface area (Å²) in [7, 11) is 0. The number of alkyl carbamates (subject to hydrolysis) is 1. The van der Waals surface area contributed by atoms with Crippen LogP contribution in [0.15, 0.2) is 40.8 Å². The van der Waals surface area contributed by atoms with Crippen molar-refractivity contribution < 1.29 is 23.0 Å². The fourth-order valence-electron chi connectivity index (χ4n) is 1.56. The number of hydrogen-bond acceptors (Lipinski definition) is 5. The molecule has 1 aromatic rings. The van der Waals surface area contributed by atoms with Crippen LogP contribution in [-0.4, -0.2) is 33.6 Å². The highest BCUT2D eigenvalue weighted by atomic mass is 32.2. The average molecular weight is 340 g/mol. The summed E-state index contributed by atoms with van der Waals surface area (Å²) in [4.78, 5) is 11.8. The van der Waals surface area contributed by atoms with Gasteiger partial charge in [0.05, 0.1) is 0 Å². The zero-order valence-corrected chi connectivity index (χ0v) is 14.6. The van der Waals surface area contributed by atoms with Gasteiger partial charge in [-0.2, -0.15) is 0 Å². The number of rotatable bonds is 6. The van der Waals surface area contributed by atoms with Gasteiger partial charge in [-0.1, -0.05) is 6.08 Å². The average Bonchev–Trinajstić information content (AvgIpc) is 2.46. The van der Waals surface area contributed by atoms with E-state index in [-0.39, 0.29) is 11.5 Å². The minimum Gasteiger partial charge on any atom is -0.768 e. The summed E-state index contributed by atoms with van der Waals surface area (Å²) >= 11 is -2.25. The van der Waals surface area contributed by atoms with E-state index in [2.05, 4.69) is 5.32 Å². The fraction of sp³-hybridized carbons (Fsp3) is 0.438. The molecular formula is C16H22NO5S-. The van der Waals surface area contributed by atoms with Crippen molar-refractivity contribution in [1.29, 1.82) is 0 Å². The minimum absolute atomic E-state index is 0.204. The van der Waals surface area contributed by atoms with Crippen LogP contribution in [0.2, 0.25) is 0 Å². The largest absolute Gasteiger partial charge is 0.768 e. The van der Waals surface area contributed by atoms with Gasteiger partial charge in [0, 0.05) is 11.4 Å². The van der Waals surface area contributed by atoms with Crippen molar-refractivity contribution in [2.75, 3.05) is 13.2 Å². The van der Waals surface area contributed by atoms with Gasteiger partial charge in [0.25, 0.3) is 0 Å². The van der Waals surface area contributed by atoms with Crippen LogP contribution in [0.25, 0.3) is 0 Å². The van der Waals surface area contributed by atoms with Gasteiger partial charge in [-0.05, 0) is 68.6 Å². The Balaban J connectivity index is 2.45. The Morgan fingerprint density at radius 2 is 1.91 bits per heavy atom. The first-order valence-electron chi connectivity index (χ1n) is 7.14. The van der Waals surface area contributed by atoms with E-state index in [0.717, 1.165) is 5.57 Å². The Hall–Kier alpha value is -1.86. The van der Waals surface area contributed by atoms with Crippen molar-refractivity contribution in [3.8, 4) is 5.75 Å². The van der Waals surface area contributed by atoms with Crippen LogP contribution in [0.5, 0.6) is 5.75 Å². The second-order valence-corrected chi connectivity index (χ2v) is 6.74. The maximum absolute atomic E-state index is 11.6. The Kier molecular flexibility index (Phi) is 7.25. The summed E-state index contributed by atoms with van der Waals surface area (Å²) in [5.74, 6) is 0.552. The molecule has 6 nitrogen and oxygen atoms in total. The van der Waals surface area contributed by atoms with Crippen LogP contribution in [0, 0.1) is 0 Å². The highest BCUT2D eigenvalue weighted by Gasteiger charge is 2.15. The van der Waals surface area contributed by atoms with E-state index in [1.54, 1.807) is 32.9 Å². The van der Waals surface area contributed by atoms with Crippen LogP contribution < -0.4 is 10.1 Å². The molecule has 0 saturated carbocycles. The maximum atomic E-state index is 11.6. The molecule has 0 aromatic heterocycles.